The Hall–Kier alpha value is -3.95. The molecule has 0 spiro atoms. The summed E-state index contributed by atoms with van der Waals surface area (Å²) in [5, 5.41) is 5.57. The van der Waals surface area contributed by atoms with Crippen molar-refractivity contribution < 1.29 is 27.5 Å². The normalized spacial score (nSPS) is 13.4. The summed E-state index contributed by atoms with van der Waals surface area (Å²) in [5.41, 5.74) is 1.22. The van der Waals surface area contributed by atoms with E-state index in [4.69, 9.17) is 4.74 Å². The molecule has 0 saturated heterocycles. The number of hydrogen-bond donors (Lipinski definition) is 2. The van der Waals surface area contributed by atoms with E-state index in [1.165, 1.54) is 12.4 Å². The van der Waals surface area contributed by atoms with Crippen molar-refractivity contribution in [1.29, 1.82) is 0 Å². The number of fused-ring (bicyclic) bond motifs is 1. The van der Waals surface area contributed by atoms with Crippen LogP contribution in [0.4, 0.5) is 35.2 Å². The number of halogens is 3. The van der Waals surface area contributed by atoms with Gasteiger partial charge in [-0.05, 0) is 50.1 Å². The van der Waals surface area contributed by atoms with Crippen LogP contribution in [0.2, 0.25) is 0 Å². The van der Waals surface area contributed by atoms with Gasteiger partial charge in [0.2, 0.25) is 0 Å². The molecule has 1 aromatic heterocycles. The van der Waals surface area contributed by atoms with Gasteiger partial charge in [-0.1, -0.05) is 18.2 Å². The Kier molecular flexibility index (Phi) is 6.23. The van der Waals surface area contributed by atoms with Gasteiger partial charge in [-0.3, -0.25) is 10.1 Å². The van der Waals surface area contributed by atoms with E-state index in [-0.39, 0.29) is 22.7 Å². The van der Waals surface area contributed by atoms with E-state index in [0.29, 0.717) is 18.7 Å². The maximum atomic E-state index is 13.4. The molecule has 0 fully saturated rings. The molecule has 0 aliphatic heterocycles. The molecule has 182 valence electrons. The number of amides is 1. The molecule has 0 unspecified atom stereocenters. The lowest BCUT2D eigenvalue weighted by atomic mass is 10.0. The number of hydrogen-bond acceptors (Lipinski definition) is 6. The van der Waals surface area contributed by atoms with Crippen molar-refractivity contribution in [2.24, 2.45) is 0 Å². The van der Waals surface area contributed by atoms with Crippen LogP contribution in [0.25, 0.3) is 11.3 Å². The number of alkyl halides is 3. The molecule has 10 heteroatoms. The van der Waals surface area contributed by atoms with E-state index < -0.39 is 23.4 Å². The number of Topliss-reactive ketones (excluding diaryl/α,β-unsaturated/α-hetero) is 1. The lowest BCUT2D eigenvalue weighted by molar-refractivity contribution is -0.137. The molecule has 7 nitrogen and oxygen atoms in total. The fourth-order valence-electron chi connectivity index (χ4n) is 3.77. The SMILES string of the molecule is CC(C)(C)OC(=O)Nc1cc(C(F)(F)F)ccc1-c1cc(Nc2cccc3c2CC(=O)C3)ncn1. The molecule has 1 aliphatic carbocycles. The van der Waals surface area contributed by atoms with Crippen LogP contribution < -0.4 is 10.6 Å². The molecule has 0 radical (unpaired) electrons. The molecular weight excluding hydrogens is 461 g/mol. The average molecular weight is 484 g/mol. The monoisotopic (exact) mass is 484 g/mol. The first-order valence-corrected chi connectivity index (χ1v) is 10.8. The van der Waals surface area contributed by atoms with Crippen LogP contribution in [0.15, 0.2) is 48.8 Å². The summed E-state index contributed by atoms with van der Waals surface area (Å²) in [4.78, 5) is 32.6. The predicted molar refractivity (Wildman–Crippen MR) is 124 cm³/mol. The Morgan fingerprint density at radius 2 is 1.77 bits per heavy atom. The molecule has 2 aromatic carbocycles. The zero-order valence-corrected chi connectivity index (χ0v) is 19.3. The van der Waals surface area contributed by atoms with Gasteiger partial charge < -0.3 is 10.1 Å². The molecule has 0 saturated carbocycles. The lowest BCUT2D eigenvalue weighted by Crippen LogP contribution is -2.27. The minimum absolute atomic E-state index is 0.107. The van der Waals surface area contributed by atoms with Crippen LogP contribution in [0.5, 0.6) is 0 Å². The van der Waals surface area contributed by atoms with Crippen molar-refractivity contribution in [3.63, 3.8) is 0 Å². The molecule has 1 amide bonds. The Balaban J connectivity index is 1.68. The van der Waals surface area contributed by atoms with E-state index in [1.807, 2.05) is 18.2 Å². The lowest BCUT2D eigenvalue weighted by Gasteiger charge is -2.21. The summed E-state index contributed by atoms with van der Waals surface area (Å²) in [6.45, 7) is 4.95. The molecule has 1 aliphatic rings. The third-order valence-corrected chi connectivity index (χ3v) is 5.22. The minimum Gasteiger partial charge on any atom is -0.444 e. The molecule has 0 bridgehead atoms. The topological polar surface area (TPSA) is 93.2 Å². The van der Waals surface area contributed by atoms with Crippen molar-refractivity contribution in [1.82, 2.24) is 9.97 Å². The van der Waals surface area contributed by atoms with Crippen LogP contribution in [0, 0.1) is 0 Å². The number of ether oxygens (including phenoxy) is 1. The second kappa shape index (κ2) is 9.01. The Morgan fingerprint density at radius 3 is 2.49 bits per heavy atom. The summed E-state index contributed by atoms with van der Waals surface area (Å²) < 4.78 is 45.3. The predicted octanol–water partition coefficient (Wildman–Crippen LogP) is 5.92. The second-order valence-electron chi connectivity index (χ2n) is 9.13. The zero-order chi connectivity index (χ0) is 25.4. The number of aromatic nitrogens is 2. The van der Waals surface area contributed by atoms with Crippen LogP contribution in [-0.4, -0.2) is 27.4 Å². The third kappa shape index (κ3) is 5.76. The molecular formula is C25H23F3N4O3. The van der Waals surface area contributed by atoms with E-state index in [9.17, 15) is 22.8 Å². The highest BCUT2D eigenvalue weighted by atomic mass is 19.4. The molecule has 2 N–H and O–H groups in total. The standard InChI is InChI=1S/C25H23F3N4O3/c1-24(2,3)35-23(34)32-21-10-15(25(26,27)28)7-8-17(21)20-12-22(30-13-29-20)31-19-6-4-5-14-9-16(33)11-18(14)19/h4-8,10,12-13H,9,11H2,1-3H3,(H,32,34)(H,29,30,31). The van der Waals surface area contributed by atoms with E-state index in [0.717, 1.165) is 28.9 Å². The van der Waals surface area contributed by atoms with E-state index in [1.54, 1.807) is 26.8 Å². The van der Waals surface area contributed by atoms with Crippen molar-refractivity contribution in [3.8, 4) is 11.3 Å². The van der Waals surface area contributed by atoms with Gasteiger partial charge in [-0.2, -0.15) is 13.2 Å². The Morgan fingerprint density at radius 1 is 1.00 bits per heavy atom. The number of carbonyl (C=O) groups excluding carboxylic acids is 2. The first kappa shape index (κ1) is 24.2. The smallest absolute Gasteiger partial charge is 0.416 e. The molecule has 4 rings (SSSR count). The summed E-state index contributed by atoms with van der Waals surface area (Å²) in [7, 11) is 0. The number of nitrogens with one attached hydrogen (secondary N) is 2. The molecule has 3 aromatic rings. The Labute approximate surface area is 199 Å². The van der Waals surface area contributed by atoms with Gasteiger partial charge in [-0.25, -0.2) is 14.8 Å². The van der Waals surface area contributed by atoms with Crippen molar-refractivity contribution >= 4 is 29.1 Å². The summed E-state index contributed by atoms with van der Waals surface area (Å²) in [6, 6.07) is 10.1. The fourth-order valence-corrected chi connectivity index (χ4v) is 3.77. The van der Waals surface area contributed by atoms with Crippen LogP contribution in [0.3, 0.4) is 0 Å². The van der Waals surface area contributed by atoms with Crippen LogP contribution >= 0.6 is 0 Å². The number of rotatable bonds is 4. The molecule has 1 heterocycles. The number of nitrogens with zero attached hydrogens (tertiary/aromatic N) is 2. The van der Waals surface area contributed by atoms with E-state index in [2.05, 4.69) is 20.6 Å². The first-order chi connectivity index (χ1) is 16.4. The highest BCUT2D eigenvalue weighted by molar-refractivity contribution is 5.92. The zero-order valence-electron chi connectivity index (χ0n) is 19.3. The van der Waals surface area contributed by atoms with Crippen LogP contribution in [-0.2, 0) is 28.5 Å². The van der Waals surface area contributed by atoms with Crippen LogP contribution in [0.1, 0.15) is 37.5 Å². The molecule has 35 heavy (non-hydrogen) atoms. The van der Waals surface area contributed by atoms with Gasteiger partial charge in [0.1, 0.15) is 23.5 Å². The van der Waals surface area contributed by atoms with Crippen molar-refractivity contribution in [2.45, 2.75) is 45.4 Å². The van der Waals surface area contributed by atoms with E-state index >= 15 is 0 Å². The quantitative estimate of drug-likeness (QED) is 0.478. The fraction of sp³-hybridized carbons (Fsp3) is 0.280. The van der Waals surface area contributed by atoms with Gasteiger partial charge in [0.25, 0.3) is 0 Å². The van der Waals surface area contributed by atoms with Gasteiger partial charge in [0, 0.05) is 30.2 Å². The first-order valence-electron chi connectivity index (χ1n) is 10.8. The highest BCUT2D eigenvalue weighted by Crippen LogP contribution is 2.36. The van der Waals surface area contributed by atoms with Gasteiger partial charge in [0.05, 0.1) is 16.9 Å². The number of benzene rings is 2. The maximum absolute atomic E-state index is 13.4. The largest absolute Gasteiger partial charge is 0.444 e. The summed E-state index contributed by atoms with van der Waals surface area (Å²) in [6.07, 6.45) is -3.53. The third-order valence-electron chi connectivity index (χ3n) is 5.22. The molecule has 0 atom stereocenters. The Bertz CT molecular complexity index is 1300. The number of anilines is 3. The van der Waals surface area contributed by atoms with Crippen molar-refractivity contribution in [3.05, 3.63) is 65.5 Å². The number of carbonyl (C=O) groups is 2. The maximum Gasteiger partial charge on any atom is 0.416 e. The minimum atomic E-state index is -4.60. The summed E-state index contributed by atoms with van der Waals surface area (Å²) in [5.74, 6) is 0.506. The summed E-state index contributed by atoms with van der Waals surface area (Å²) >= 11 is 0. The second-order valence-corrected chi connectivity index (χ2v) is 9.13. The number of ketones is 1. The van der Waals surface area contributed by atoms with Gasteiger partial charge in [-0.15, -0.1) is 0 Å². The van der Waals surface area contributed by atoms with Gasteiger partial charge in [0.15, 0.2) is 0 Å². The van der Waals surface area contributed by atoms with Crippen molar-refractivity contribution in [2.75, 3.05) is 10.6 Å². The van der Waals surface area contributed by atoms with Gasteiger partial charge >= 0.3 is 12.3 Å². The highest BCUT2D eigenvalue weighted by Gasteiger charge is 2.32. The average Bonchev–Trinajstić information content (AvgIpc) is 3.13.